The maximum absolute atomic E-state index is 12.8. The minimum atomic E-state index is -5.44. The molecule has 0 saturated heterocycles. The van der Waals surface area contributed by atoms with Crippen LogP contribution < -0.4 is 16.4 Å². The third-order valence-corrected chi connectivity index (χ3v) is 8.09. The van der Waals surface area contributed by atoms with E-state index in [4.69, 9.17) is 5.73 Å². The lowest BCUT2D eigenvalue weighted by Gasteiger charge is -2.34. The summed E-state index contributed by atoms with van der Waals surface area (Å²) in [5.74, 6) is 0.594. The molecule has 1 heterocycles. The Morgan fingerprint density at radius 2 is 1.85 bits per heavy atom. The number of primary amides is 1. The summed E-state index contributed by atoms with van der Waals surface area (Å²) >= 11 is 0. The van der Waals surface area contributed by atoms with Gasteiger partial charge in [0, 0.05) is 17.9 Å². The van der Waals surface area contributed by atoms with E-state index in [-0.39, 0.29) is 23.1 Å². The number of amides is 1. The molecular weight excluding hydrogens is 471 g/mol. The zero-order valence-corrected chi connectivity index (χ0v) is 19.5. The highest BCUT2D eigenvalue weighted by Crippen LogP contribution is 2.36. The number of benzene rings is 1. The molecule has 1 aromatic heterocycles. The van der Waals surface area contributed by atoms with E-state index >= 15 is 0 Å². The predicted molar refractivity (Wildman–Crippen MR) is 120 cm³/mol. The summed E-state index contributed by atoms with van der Waals surface area (Å²) in [5, 5.41) is 11.0. The number of anilines is 2. The van der Waals surface area contributed by atoms with E-state index in [0.29, 0.717) is 12.0 Å². The normalized spacial score (nSPS) is 23.6. The van der Waals surface area contributed by atoms with Gasteiger partial charge in [-0.15, -0.1) is 0 Å². The van der Waals surface area contributed by atoms with E-state index in [0.717, 1.165) is 43.9 Å². The second-order valence-corrected chi connectivity index (χ2v) is 11.2. The Morgan fingerprint density at radius 1 is 1.18 bits per heavy atom. The minimum absolute atomic E-state index is 0.0759. The summed E-state index contributed by atoms with van der Waals surface area (Å²) < 4.78 is 63.1. The second-order valence-electron chi connectivity index (χ2n) is 9.24. The molecule has 0 spiro atoms. The molecule has 8 nitrogen and oxygen atoms in total. The van der Waals surface area contributed by atoms with Crippen LogP contribution in [0.2, 0.25) is 0 Å². The first-order valence-electron chi connectivity index (χ1n) is 11.3. The van der Waals surface area contributed by atoms with E-state index in [2.05, 4.69) is 22.7 Å². The second kappa shape index (κ2) is 9.21. The summed E-state index contributed by atoms with van der Waals surface area (Å²) in [7, 11) is -5.44. The molecule has 1 amide bonds. The number of nitrogens with zero attached hydrogens (tertiary/aromatic N) is 2. The molecule has 2 aromatic rings. The highest BCUT2D eigenvalue weighted by Gasteiger charge is 2.46. The fraction of sp³-hybridized carbons (Fsp3) is 0.545. The van der Waals surface area contributed by atoms with Crippen molar-refractivity contribution in [2.45, 2.75) is 61.5 Å². The average molecular weight is 500 g/mol. The molecule has 2 fully saturated rings. The van der Waals surface area contributed by atoms with Crippen LogP contribution in [-0.2, 0) is 9.84 Å². The van der Waals surface area contributed by atoms with Gasteiger partial charge in [-0.3, -0.25) is 9.48 Å². The van der Waals surface area contributed by atoms with Gasteiger partial charge in [-0.1, -0.05) is 6.92 Å². The molecule has 186 valence electrons. The topological polar surface area (TPSA) is 119 Å². The van der Waals surface area contributed by atoms with Crippen molar-refractivity contribution in [1.29, 1.82) is 0 Å². The molecule has 0 bridgehead atoms. The minimum Gasteiger partial charge on any atom is -0.365 e. The molecule has 2 saturated carbocycles. The molecule has 0 radical (unpaired) electrons. The van der Waals surface area contributed by atoms with Crippen molar-refractivity contribution in [3.05, 3.63) is 36.0 Å². The first-order chi connectivity index (χ1) is 16.0. The lowest BCUT2D eigenvalue weighted by Crippen LogP contribution is -2.38. The number of carbonyl (C=O) groups is 1. The third kappa shape index (κ3) is 5.22. The summed E-state index contributed by atoms with van der Waals surface area (Å²) in [6.45, 7) is 3.21. The number of nitrogens with one attached hydrogen (secondary N) is 2. The predicted octanol–water partition coefficient (Wildman–Crippen LogP) is 3.75. The van der Waals surface area contributed by atoms with E-state index in [1.54, 1.807) is 10.9 Å². The monoisotopic (exact) mass is 499 g/mol. The SMILES string of the molecule is C[C@H]1C[C@@H](NCC2CC2)CC[C@@H]1n1cc(C(N)=O)c(Nc2ccc(S(=O)(=O)C(F)(F)F)cc2)n1. The molecule has 12 heteroatoms. The Morgan fingerprint density at radius 3 is 2.41 bits per heavy atom. The highest BCUT2D eigenvalue weighted by atomic mass is 32.2. The van der Waals surface area contributed by atoms with Crippen LogP contribution in [0.3, 0.4) is 0 Å². The number of rotatable bonds is 8. The van der Waals surface area contributed by atoms with Crippen LogP contribution in [0.1, 0.15) is 55.4 Å². The van der Waals surface area contributed by atoms with Gasteiger partial charge in [-0.05, 0) is 74.8 Å². The van der Waals surface area contributed by atoms with Crippen molar-refractivity contribution in [2.24, 2.45) is 17.6 Å². The van der Waals surface area contributed by atoms with Crippen LogP contribution in [-0.4, -0.2) is 42.2 Å². The van der Waals surface area contributed by atoms with Gasteiger partial charge in [0.2, 0.25) is 0 Å². The molecule has 0 aliphatic heterocycles. The average Bonchev–Trinajstić information content (AvgIpc) is 3.50. The lowest BCUT2D eigenvalue weighted by atomic mass is 9.82. The van der Waals surface area contributed by atoms with E-state index < -0.39 is 26.1 Å². The number of aromatic nitrogens is 2. The van der Waals surface area contributed by atoms with Gasteiger partial charge in [0.1, 0.15) is 5.56 Å². The summed E-state index contributed by atoms with van der Waals surface area (Å²) in [6.07, 6.45) is 7.06. The molecule has 2 aliphatic carbocycles. The van der Waals surface area contributed by atoms with Gasteiger partial charge in [0.15, 0.2) is 5.82 Å². The number of sulfone groups is 1. The van der Waals surface area contributed by atoms with Gasteiger partial charge in [0.25, 0.3) is 15.7 Å². The number of hydrogen-bond donors (Lipinski definition) is 3. The number of nitrogens with two attached hydrogens (primary N) is 1. The van der Waals surface area contributed by atoms with Crippen LogP contribution in [0.15, 0.2) is 35.4 Å². The molecule has 2 aliphatic rings. The van der Waals surface area contributed by atoms with Gasteiger partial charge in [-0.25, -0.2) is 8.42 Å². The Hall–Kier alpha value is -2.60. The maximum Gasteiger partial charge on any atom is 0.501 e. The van der Waals surface area contributed by atoms with Crippen molar-refractivity contribution in [3.8, 4) is 0 Å². The summed E-state index contributed by atoms with van der Waals surface area (Å²) in [4.78, 5) is 11.1. The van der Waals surface area contributed by atoms with Crippen molar-refractivity contribution in [1.82, 2.24) is 15.1 Å². The highest BCUT2D eigenvalue weighted by molar-refractivity contribution is 7.92. The van der Waals surface area contributed by atoms with Crippen LogP contribution >= 0.6 is 0 Å². The third-order valence-electron chi connectivity index (χ3n) is 6.59. The van der Waals surface area contributed by atoms with Crippen LogP contribution in [0.5, 0.6) is 0 Å². The Kier molecular flexibility index (Phi) is 6.65. The van der Waals surface area contributed by atoms with Crippen molar-refractivity contribution >= 4 is 27.2 Å². The molecular formula is C22H28F3N5O3S. The number of hydrogen-bond acceptors (Lipinski definition) is 6. The summed E-state index contributed by atoms with van der Waals surface area (Å²) in [6, 6.07) is 4.60. The molecule has 4 N–H and O–H groups in total. The molecule has 4 rings (SSSR count). The Balaban J connectivity index is 1.48. The maximum atomic E-state index is 12.8. The van der Waals surface area contributed by atoms with Crippen LogP contribution in [0.25, 0.3) is 0 Å². The van der Waals surface area contributed by atoms with Crippen LogP contribution in [0.4, 0.5) is 24.7 Å². The Labute approximate surface area is 196 Å². The van der Waals surface area contributed by atoms with E-state index in [1.165, 1.54) is 25.0 Å². The molecule has 34 heavy (non-hydrogen) atoms. The van der Waals surface area contributed by atoms with Crippen LogP contribution in [0, 0.1) is 11.8 Å². The van der Waals surface area contributed by atoms with Gasteiger partial charge >= 0.3 is 5.51 Å². The largest absolute Gasteiger partial charge is 0.501 e. The number of halogens is 3. The fourth-order valence-corrected chi connectivity index (χ4v) is 5.20. The smallest absolute Gasteiger partial charge is 0.365 e. The van der Waals surface area contributed by atoms with Gasteiger partial charge < -0.3 is 16.4 Å². The number of alkyl halides is 3. The van der Waals surface area contributed by atoms with E-state index in [9.17, 15) is 26.4 Å². The van der Waals surface area contributed by atoms with E-state index in [1.807, 2.05) is 0 Å². The molecule has 0 unspecified atom stereocenters. The first kappa shape index (κ1) is 24.5. The summed E-state index contributed by atoms with van der Waals surface area (Å²) in [5.41, 5.74) is 0.558. The number of carbonyl (C=O) groups excluding carboxylic acids is 1. The standard InChI is InChI=1S/C22H28F3N5O3S/c1-13-10-16(27-11-14-2-3-14)6-9-19(13)30-12-18(20(26)31)21(29-30)28-15-4-7-17(8-5-15)34(32,33)22(23,24)25/h4-5,7-8,12-14,16,19,27H,2-3,6,9-11H2,1H3,(H2,26,31)(H,28,29)/t13-,16-,19-/m0/s1. The zero-order chi connectivity index (χ0) is 24.7. The van der Waals surface area contributed by atoms with Crippen molar-refractivity contribution < 1.29 is 26.4 Å². The molecule has 1 aromatic carbocycles. The zero-order valence-electron chi connectivity index (χ0n) is 18.7. The lowest BCUT2D eigenvalue weighted by molar-refractivity contribution is -0.0436. The Bertz CT molecular complexity index is 1140. The fourth-order valence-electron chi connectivity index (χ4n) is 4.44. The quantitative estimate of drug-likeness (QED) is 0.509. The van der Waals surface area contributed by atoms with Crippen molar-refractivity contribution in [3.63, 3.8) is 0 Å². The van der Waals surface area contributed by atoms with Gasteiger partial charge in [0.05, 0.1) is 10.9 Å². The first-order valence-corrected chi connectivity index (χ1v) is 12.7. The van der Waals surface area contributed by atoms with Crippen molar-refractivity contribution in [2.75, 3.05) is 11.9 Å². The van der Waals surface area contributed by atoms with Gasteiger partial charge in [-0.2, -0.15) is 18.3 Å². The molecule has 3 atom stereocenters.